The Labute approximate surface area is 167 Å². The molecule has 2 aliphatic rings. The summed E-state index contributed by atoms with van der Waals surface area (Å²) in [5.41, 5.74) is 0.687. The Balaban J connectivity index is 1.49. The van der Waals surface area contributed by atoms with Crippen LogP contribution in [0.2, 0.25) is 0 Å². The van der Waals surface area contributed by atoms with E-state index in [1.54, 1.807) is 7.11 Å². The van der Waals surface area contributed by atoms with Crippen molar-refractivity contribution in [3.05, 3.63) is 24.3 Å². The summed E-state index contributed by atoms with van der Waals surface area (Å²) in [6, 6.07) is 7.16. The standard InChI is InChI=1S/C21H32N4O3/c1-15(20(26)24-17-8-3-4-10-19(17)28-2)25-12-6-7-16(14-25)13-23-21(27)18-9-5-11-22-18/h3-4,8,10,15-16,18,22H,5-7,9,11-14H2,1-2H3,(H,23,27)(H,24,26). The van der Waals surface area contributed by atoms with Gasteiger partial charge < -0.3 is 20.7 Å². The van der Waals surface area contributed by atoms with Crippen molar-refractivity contribution in [2.75, 3.05) is 38.6 Å². The van der Waals surface area contributed by atoms with Gasteiger partial charge in [0.1, 0.15) is 5.75 Å². The van der Waals surface area contributed by atoms with E-state index in [9.17, 15) is 9.59 Å². The molecule has 2 saturated heterocycles. The number of likely N-dealkylation sites (tertiary alicyclic amines) is 1. The Kier molecular flexibility index (Phi) is 7.28. The highest BCUT2D eigenvalue weighted by molar-refractivity contribution is 5.95. The van der Waals surface area contributed by atoms with Crippen molar-refractivity contribution in [2.24, 2.45) is 5.92 Å². The van der Waals surface area contributed by atoms with Crippen LogP contribution in [0.25, 0.3) is 0 Å². The maximum absolute atomic E-state index is 12.7. The third-order valence-electron chi connectivity index (χ3n) is 5.78. The highest BCUT2D eigenvalue weighted by Crippen LogP contribution is 2.24. The van der Waals surface area contributed by atoms with Gasteiger partial charge in [0.25, 0.3) is 0 Å². The molecule has 7 heteroatoms. The SMILES string of the molecule is COc1ccccc1NC(=O)C(C)N1CCCC(CNC(=O)C2CCCN2)C1. The summed E-state index contributed by atoms with van der Waals surface area (Å²) in [6.07, 6.45) is 4.10. The van der Waals surface area contributed by atoms with Crippen LogP contribution in [0.5, 0.6) is 5.75 Å². The fourth-order valence-corrected chi connectivity index (χ4v) is 4.04. The average molecular weight is 389 g/mol. The number of piperidine rings is 1. The summed E-state index contributed by atoms with van der Waals surface area (Å²) in [7, 11) is 1.60. The van der Waals surface area contributed by atoms with E-state index in [0.29, 0.717) is 23.9 Å². The van der Waals surface area contributed by atoms with Crippen molar-refractivity contribution in [1.82, 2.24) is 15.5 Å². The molecule has 3 unspecified atom stereocenters. The third-order valence-corrected chi connectivity index (χ3v) is 5.78. The minimum absolute atomic E-state index is 0.0368. The van der Waals surface area contributed by atoms with Crippen LogP contribution in [0, 0.1) is 5.92 Å². The normalized spacial score (nSPS) is 23.8. The van der Waals surface area contributed by atoms with E-state index in [2.05, 4.69) is 20.9 Å². The third kappa shape index (κ3) is 5.23. The lowest BCUT2D eigenvalue weighted by atomic mass is 9.96. The van der Waals surface area contributed by atoms with Crippen LogP contribution in [0.4, 0.5) is 5.69 Å². The molecule has 2 amide bonds. The second kappa shape index (κ2) is 9.89. The van der Waals surface area contributed by atoms with Gasteiger partial charge in [-0.2, -0.15) is 0 Å². The fraction of sp³-hybridized carbons (Fsp3) is 0.619. The van der Waals surface area contributed by atoms with E-state index in [-0.39, 0.29) is 23.9 Å². The molecular weight excluding hydrogens is 356 g/mol. The second-order valence-electron chi connectivity index (χ2n) is 7.76. The van der Waals surface area contributed by atoms with Crippen molar-refractivity contribution in [1.29, 1.82) is 0 Å². The highest BCUT2D eigenvalue weighted by atomic mass is 16.5. The lowest BCUT2D eigenvalue weighted by Crippen LogP contribution is -2.50. The van der Waals surface area contributed by atoms with Crippen LogP contribution in [0.15, 0.2) is 24.3 Å². The number of nitrogens with zero attached hydrogens (tertiary/aromatic N) is 1. The molecule has 3 rings (SSSR count). The number of rotatable bonds is 7. The first-order valence-electron chi connectivity index (χ1n) is 10.3. The van der Waals surface area contributed by atoms with Crippen LogP contribution >= 0.6 is 0 Å². The molecule has 0 spiro atoms. The van der Waals surface area contributed by atoms with E-state index < -0.39 is 0 Å². The molecule has 2 aliphatic heterocycles. The first-order valence-corrected chi connectivity index (χ1v) is 10.3. The topological polar surface area (TPSA) is 82.7 Å². The summed E-state index contributed by atoms with van der Waals surface area (Å²) in [5, 5.41) is 9.30. The summed E-state index contributed by atoms with van der Waals surface area (Å²) in [4.78, 5) is 27.2. The van der Waals surface area contributed by atoms with Gasteiger partial charge >= 0.3 is 0 Å². The molecule has 0 aliphatic carbocycles. The number of methoxy groups -OCH3 is 1. The minimum atomic E-state index is -0.236. The van der Waals surface area contributed by atoms with Crippen molar-refractivity contribution < 1.29 is 14.3 Å². The van der Waals surface area contributed by atoms with Gasteiger partial charge in [-0.05, 0) is 63.7 Å². The summed E-state index contributed by atoms with van der Waals surface area (Å²) in [6.45, 7) is 5.25. The number of carbonyl (C=O) groups is 2. The number of carbonyl (C=O) groups excluding carboxylic acids is 2. The van der Waals surface area contributed by atoms with E-state index in [1.165, 1.54) is 0 Å². The van der Waals surface area contributed by atoms with Crippen LogP contribution in [-0.2, 0) is 9.59 Å². The summed E-state index contributed by atoms with van der Waals surface area (Å²) < 4.78 is 5.31. The number of benzene rings is 1. The van der Waals surface area contributed by atoms with Crippen LogP contribution in [0.1, 0.15) is 32.6 Å². The van der Waals surface area contributed by atoms with Crippen LogP contribution in [0.3, 0.4) is 0 Å². The summed E-state index contributed by atoms with van der Waals surface area (Å²) >= 11 is 0. The zero-order valence-corrected chi connectivity index (χ0v) is 16.9. The Morgan fingerprint density at radius 3 is 2.86 bits per heavy atom. The molecule has 1 aromatic carbocycles. The average Bonchev–Trinajstić information content (AvgIpc) is 3.27. The molecule has 28 heavy (non-hydrogen) atoms. The van der Waals surface area contributed by atoms with E-state index in [4.69, 9.17) is 4.74 Å². The maximum Gasteiger partial charge on any atom is 0.241 e. The van der Waals surface area contributed by atoms with Gasteiger partial charge in [0.05, 0.1) is 24.9 Å². The first-order chi connectivity index (χ1) is 13.6. The Hall–Kier alpha value is -2.12. The molecule has 2 heterocycles. The fourth-order valence-electron chi connectivity index (χ4n) is 4.04. The largest absolute Gasteiger partial charge is 0.495 e. The number of hydrogen-bond acceptors (Lipinski definition) is 5. The lowest BCUT2D eigenvalue weighted by Gasteiger charge is -2.36. The van der Waals surface area contributed by atoms with Gasteiger partial charge in [0, 0.05) is 13.1 Å². The number of ether oxygens (including phenoxy) is 1. The molecule has 7 nitrogen and oxygen atoms in total. The maximum atomic E-state index is 12.7. The van der Waals surface area contributed by atoms with Gasteiger partial charge in [0.15, 0.2) is 0 Å². The highest BCUT2D eigenvalue weighted by Gasteiger charge is 2.29. The second-order valence-corrected chi connectivity index (χ2v) is 7.76. The molecule has 0 saturated carbocycles. The molecule has 0 radical (unpaired) electrons. The van der Waals surface area contributed by atoms with E-state index in [1.807, 2.05) is 31.2 Å². The van der Waals surface area contributed by atoms with Gasteiger partial charge in [-0.15, -0.1) is 0 Å². The van der Waals surface area contributed by atoms with Crippen LogP contribution in [-0.4, -0.2) is 62.1 Å². The zero-order valence-electron chi connectivity index (χ0n) is 16.9. The van der Waals surface area contributed by atoms with Gasteiger partial charge in [-0.1, -0.05) is 12.1 Å². The molecule has 0 bridgehead atoms. The minimum Gasteiger partial charge on any atom is -0.495 e. The van der Waals surface area contributed by atoms with E-state index >= 15 is 0 Å². The Morgan fingerprint density at radius 2 is 2.11 bits per heavy atom. The number of para-hydroxylation sites is 2. The Morgan fingerprint density at radius 1 is 1.29 bits per heavy atom. The van der Waals surface area contributed by atoms with Gasteiger partial charge in [-0.25, -0.2) is 0 Å². The predicted molar refractivity (Wildman–Crippen MR) is 109 cm³/mol. The van der Waals surface area contributed by atoms with Crippen molar-refractivity contribution >= 4 is 17.5 Å². The molecule has 2 fully saturated rings. The number of amides is 2. The van der Waals surface area contributed by atoms with E-state index in [0.717, 1.165) is 45.3 Å². The van der Waals surface area contributed by atoms with Gasteiger partial charge in [0.2, 0.25) is 11.8 Å². The first kappa shape index (κ1) is 20.6. The monoisotopic (exact) mass is 388 g/mol. The number of anilines is 1. The number of nitrogens with one attached hydrogen (secondary N) is 3. The molecule has 3 atom stereocenters. The Bertz CT molecular complexity index is 675. The molecule has 0 aromatic heterocycles. The molecule has 3 N–H and O–H groups in total. The van der Waals surface area contributed by atoms with Gasteiger partial charge in [-0.3, -0.25) is 14.5 Å². The molecular formula is C21H32N4O3. The lowest BCUT2D eigenvalue weighted by molar-refractivity contribution is -0.124. The predicted octanol–water partition coefficient (Wildman–Crippen LogP) is 1.60. The smallest absolute Gasteiger partial charge is 0.241 e. The quantitative estimate of drug-likeness (QED) is 0.661. The molecule has 154 valence electrons. The van der Waals surface area contributed by atoms with Crippen LogP contribution < -0.4 is 20.7 Å². The summed E-state index contributed by atoms with van der Waals surface area (Å²) in [5.74, 6) is 1.10. The zero-order chi connectivity index (χ0) is 19.9. The molecule has 1 aromatic rings. The van der Waals surface area contributed by atoms with Crippen molar-refractivity contribution in [3.8, 4) is 5.75 Å². The van der Waals surface area contributed by atoms with Crippen molar-refractivity contribution in [3.63, 3.8) is 0 Å². The van der Waals surface area contributed by atoms with Crippen molar-refractivity contribution in [2.45, 2.75) is 44.7 Å². The number of hydrogen-bond donors (Lipinski definition) is 3.